The van der Waals surface area contributed by atoms with E-state index in [1.807, 2.05) is 50.2 Å². The fourth-order valence-corrected chi connectivity index (χ4v) is 2.32. The zero-order chi connectivity index (χ0) is 17.5. The van der Waals surface area contributed by atoms with Crippen LogP contribution in [0.25, 0.3) is 0 Å². The third kappa shape index (κ3) is 4.65. The third-order valence-electron chi connectivity index (χ3n) is 3.68. The lowest BCUT2D eigenvalue weighted by Gasteiger charge is -2.18. The summed E-state index contributed by atoms with van der Waals surface area (Å²) < 4.78 is 16.0. The molecule has 24 heavy (non-hydrogen) atoms. The van der Waals surface area contributed by atoms with Gasteiger partial charge in [0.1, 0.15) is 17.2 Å². The van der Waals surface area contributed by atoms with Crippen LogP contribution in [0.4, 0.5) is 0 Å². The van der Waals surface area contributed by atoms with E-state index in [-0.39, 0.29) is 18.6 Å². The van der Waals surface area contributed by atoms with Crippen LogP contribution in [-0.2, 0) is 4.79 Å². The molecule has 0 aliphatic carbocycles. The molecule has 0 saturated carbocycles. The van der Waals surface area contributed by atoms with Crippen molar-refractivity contribution < 1.29 is 19.0 Å². The number of methoxy groups -OCH3 is 2. The second-order valence-corrected chi connectivity index (χ2v) is 5.50. The van der Waals surface area contributed by atoms with Gasteiger partial charge in [-0.2, -0.15) is 0 Å². The molecule has 2 aromatic rings. The molecule has 0 saturated heterocycles. The van der Waals surface area contributed by atoms with E-state index in [0.29, 0.717) is 17.2 Å². The Morgan fingerprint density at radius 1 is 1.04 bits per heavy atom. The highest BCUT2D eigenvalue weighted by Crippen LogP contribution is 2.29. The lowest BCUT2D eigenvalue weighted by molar-refractivity contribution is -0.123. The molecule has 2 rings (SSSR count). The van der Waals surface area contributed by atoms with Crippen LogP contribution in [-0.4, -0.2) is 26.7 Å². The summed E-state index contributed by atoms with van der Waals surface area (Å²) in [7, 11) is 3.19. The molecule has 1 amide bonds. The Kier molecular flexibility index (Phi) is 6.07. The molecule has 1 atom stereocenters. The first-order valence-electron chi connectivity index (χ1n) is 7.74. The van der Waals surface area contributed by atoms with Crippen LogP contribution >= 0.6 is 0 Å². The Morgan fingerprint density at radius 3 is 2.33 bits per heavy atom. The molecule has 128 valence electrons. The number of benzene rings is 2. The molecule has 1 N–H and O–H groups in total. The topological polar surface area (TPSA) is 56.8 Å². The Hall–Kier alpha value is -2.69. The number of carbonyl (C=O) groups excluding carboxylic acids is 1. The zero-order valence-corrected chi connectivity index (χ0v) is 14.5. The largest absolute Gasteiger partial charge is 0.497 e. The third-order valence-corrected chi connectivity index (χ3v) is 3.68. The molecule has 5 heteroatoms. The minimum Gasteiger partial charge on any atom is -0.497 e. The SMILES string of the molecule is COc1ccc(C(C)NC(=O)COc2ccc(C)cc2)c(OC)c1. The van der Waals surface area contributed by atoms with Crippen LogP contribution < -0.4 is 19.5 Å². The summed E-state index contributed by atoms with van der Waals surface area (Å²) >= 11 is 0. The van der Waals surface area contributed by atoms with Crippen molar-refractivity contribution in [2.75, 3.05) is 20.8 Å². The van der Waals surface area contributed by atoms with Crippen molar-refractivity contribution in [3.63, 3.8) is 0 Å². The Balaban J connectivity index is 1.94. The van der Waals surface area contributed by atoms with Crippen LogP contribution in [0.5, 0.6) is 17.2 Å². The Morgan fingerprint density at radius 2 is 1.71 bits per heavy atom. The molecule has 0 bridgehead atoms. The van der Waals surface area contributed by atoms with Gasteiger partial charge in [-0.05, 0) is 38.1 Å². The summed E-state index contributed by atoms with van der Waals surface area (Å²) in [6, 6.07) is 12.9. The first-order chi connectivity index (χ1) is 11.5. The molecular formula is C19H23NO4. The molecule has 0 spiro atoms. The van der Waals surface area contributed by atoms with E-state index in [1.165, 1.54) is 0 Å². The van der Waals surface area contributed by atoms with Crippen LogP contribution in [0.1, 0.15) is 24.1 Å². The molecule has 0 radical (unpaired) electrons. The van der Waals surface area contributed by atoms with Gasteiger partial charge in [-0.25, -0.2) is 0 Å². The van der Waals surface area contributed by atoms with Gasteiger partial charge in [-0.3, -0.25) is 4.79 Å². The van der Waals surface area contributed by atoms with Gasteiger partial charge in [0.15, 0.2) is 6.61 Å². The number of nitrogens with one attached hydrogen (secondary N) is 1. The van der Waals surface area contributed by atoms with E-state index in [2.05, 4.69) is 5.32 Å². The summed E-state index contributed by atoms with van der Waals surface area (Å²) in [6.07, 6.45) is 0. The summed E-state index contributed by atoms with van der Waals surface area (Å²) in [5.74, 6) is 1.85. The maximum atomic E-state index is 12.1. The highest BCUT2D eigenvalue weighted by atomic mass is 16.5. The molecule has 0 aromatic heterocycles. The lowest BCUT2D eigenvalue weighted by Crippen LogP contribution is -2.31. The van der Waals surface area contributed by atoms with Crippen molar-refractivity contribution in [1.82, 2.24) is 5.32 Å². The molecule has 0 fully saturated rings. The first kappa shape index (κ1) is 17.7. The van der Waals surface area contributed by atoms with Gasteiger partial charge < -0.3 is 19.5 Å². The Bertz CT molecular complexity index is 682. The fourth-order valence-electron chi connectivity index (χ4n) is 2.32. The maximum absolute atomic E-state index is 12.1. The summed E-state index contributed by atoms with van der Waals surface area (Å²) in [6.45, 7) is 3.86. The zero-order valence-electron chi connectivity index (χ0n) is 14.5. The van der Waals surface area contributed by atoms with Gasteiger partial charge in [0.05, 0.1) is 20.3 Å². The van der Waals surface area contributed by atoms with Crippen LogP contribution in [0, 0.1) is 6.92 Å². The summed E-state index contributed by atoms with van der Waals surface area (Å²) in [5, 5.41) is 2.91. The number of aryl methyl sites for hydroxylation is 1. The predicted molar refractivity (Wildman–Crippen MR) is 92.8 cm³/mol. The maximum Gasteiger partial charge on any atom is 0.258 e. The molecule has 5 nitrogen and oxygen atoms in total. The minimum absolute atomic E-state index is 0.0358. The van der Waals surface area contributed by atoms with E-state index >= 15 is 0 Å². The van der Waals surface area contributed by atoms with Gasteiger partial charge in [-0.1, -0.05) is 17.7 Å². The van der Waals surface area contributed by atoms with Gasteiger partial charge in [0, 0.05) is 11.6 Å². The molecule has 0 heterocycles. The van der Waals surface area contributed by atoms with Crippen molar-refractivity contribution in [3.8, 4) is 17.2 Å². The van der Waals surface area contributed by atoms with Crippen molar-refractivity contribution >= 4 is 5.91 Å². The van der Waals surface area contributed by atoms with E-state index in [4.69, 9.17) is 14.2 Å². The van der Waals surface area contributed by atoms with E-state index < -0.39 is 0 Å². The number of rotatable bonds is 7. The second-order valence-electron chi connectivity index (χ2n) is 5.50. The van der Waals surface area contributed by atoms with Crippen molar-refractivity contribution in [2.45, 2.75) is 19.9 Å². The highest BCUT2D eigenvalue weighted by Gasteiger charge is 2.15. The smallest absolute Gasteiger partial charge is 0.258 e. The fraction of sp³-hybridized carbons (Fsp3) is 0.316. The number of hydrogen-bond acceptors (Lipinski definition) is 4. The van der Waals surface area contributed by atoms with Crippen molar-refractivity contribution in [3.05, 3.63) is 53.6 Å². The minimum atomic E-state index is -0.208. The van der Waals surface area contributed by atoms with E-state index in [0.717, 1.165) is 11.1 Å². The van der Waals surface area contributed by atoms with Crippen LogP contribution in [0.15, 0.2) is 42.5 Å². The van der Waals surface area contributed by atoms with Crippen molar-refractivity contribution in [1.29, 1.82) is 0 Å². The number of carbonyl (C=O) groups is 1. The number of amides is 1. The van der Waals surface area contributed by atoms with Crippen LogP contribution in [0.3, 0.4) is 0 Å². The highest BCUT2D eigenvalue weighted by molar-refractivity contribution is 5.78. The second kappa shape index (κ2) is 8.24. The van der Waals surface area contributed by atoms with Crippen molar-refractivity contribution in [2.24, 2.45) is 0 Å². The lowest BCUT2D eigenvalue weighted by atomic mass is 10.1. The predicted octanol–water partition coefficient (Wildman–Crippen LogP) is 3.27. The van der Waals surface area contributed by atoms with Gasteiger partial charge in [-0.15, -0.1) is 0 Å². The van der Waals surface area contributed by atoms with Gasteiger partial charge in [0.2, 0.25) is 0 Å². The molecule has 2 aromatic carbocycles. The quantitative estimate of drug-likeness (QED) is 0.847. The molecular weight excluding hydrogens is 306 g/mol. The number of ether oxygens (including phenoxy) is 3. The molecule has 0 aliphatic heterocycles. The average Bonchev–Trinajstić information content (AvgIpc) is 2.60. The van der Waals surface area contributed by atoms with Crippen LogP contribution in [0.2, 0.25) is 0 Å². The van der Waals surface area contributed by atoms with E-state index in [9.17, 15) is 4.79 Å². The summed E-state index contributed by atoms with van der Waals surface area (Å²) in [5.41, 5.74) is 2.02. The monoisotopic (exact) mass is 329 g/mol. The Labute approximate surface area is 142 Å². The first-order valence-corrected chi connectivity index (χ1v) is 7.74. The molecule has 0 aliphatic rings. The summed E-state index contributed by atoms with van der Waals surface area (Å²) in [4.78, 5) is 12.1. The average molecular weight is 329 g/mol. The normalized spacial score (nSPS) is 11.5. The standard InChI is InChI=1S/C19H23NO4/c1-13-5-7-15(8-6-13)24-12-19(21)20-14(2)17-10-9-16(22-3)11-18(17)23-4/h5-11,14H,12H2,1-4H3,(H,20,21). The van der Waals surface area contributed by atoms with Gasteiger partial charge >= 0.3 is 0 Å². The van der Waals surface area contributed by atoms with Gasteiger partial charge in [0.25, 0.3) is 5.91 Å². The molecule has 1 unspecified atom stereocenters. The number of hydrogen-bond donors (Lipinski definition) is 1. The van der Waals surface area contributed by atoms with E-state index in [1.54, 1.807) is 20.3 Å².